The monoisotopic (exact) mass is 771 g/mol. The molecule has 3 rings (SSSR count). The number of hydrogen-bond acceptors (Lipinski definition) is 12. The maximum atomic E-state index is 13.7. The number of benzene rings is 1. The van der Waals surface area contributed by atoms with E-state index in [0.717, 1.165) is 16.0 Å². The van der Waals surface area contributed by atoms with Crippen LogP contribution in [0.4, 0.5) is 4.79 Å². The molecule has 5 amide bonds. The number of nitrogens with one attached hydrogen (secondary N) is 2. The molecule has 0 spiro atoms. The Balaban J connectivity index is 1.59. The molecule has 0 bridgehead atoms. The number of aliphatic hydroxyl groups is 2. The lowest BCUT2D eigenvalue weighted by Gasteiger charge is -2.41. The van der Waals surface area contributed by atoms with Gasteiger partial charge in [-0.3, -0.25) is 33.7 Å². The van der Waals surface area contributed by atoms with E-state index in [4.69, 9.17) is 20.9 Å². The van der Waals surface area contributed by atoms with Crippen molar-refractivity contribution in [1.82, 2.24) is 15.5 Å². The second kappa shape index (κ2) is 22.3. The number of rotatable bonds is 24. The molecule has 16 heteroatoms. The van der Waals surface area contributed by atoms with Crippen LogP contribution in [0.25, 0.3) is 0 Å². The predicted octanol–water partition coefficient (Wildman–Crippen LogP) is 0.618. The number of primary amides is 1. The number of nitrogens with two attached hydrogens (primary N) is 2. The van der Waals surface area contributed by atoms with Gasteiger partial charge in [0.1, 0.15) is 18.0 Å². The Morgan fingerprint density at radius 1 is 0.945 bits per heavy atom. The highest BCUT2D eigenvalue weighted by atomic mass is 16.7. The first-order chi connectivity index (χ1) is 26.2. The fraction of sp³-hybridized carbons (Fsp3) is 0.615. The summed E-state index contributed by atoms with van der Waals surface area (Å²) in [7, 11) is 1.29. The Kier molecular flexibility index (Phi) is 18.2. The summed E-state index contributed by atoms with van der Waals surface area (Å²) in [5.41, 5.74) is 12.6. The van der Waals surface area contributed by atoms with E-state index >= 15 is 0 Å². The summed E-state index contributed by atoms with van der Waals surface area (Å²) in [6.07, 6.45) is -1.17. The third-order valence-electron chi connectivity index (χ3n) is 10.1. The summed E-state index contributed by atoms with van der Waals surface area (Å²) >= 11 is 0. The van der Waals surface area contributed by atoms with Gasteiger partial charge in [0.2, 0.25) is 5.91 Å². The number of Topliss-reactive ketones (excluding diaryl/α,β-unsaturated/α-hetero) is 3. The molecule has 0 radical (unpaired) electrons. The molecule has 55 heavy (non-hydrogen) atoms. The minimum absolute atomic E-state index is 0.0332. The van der Waals surface area contributed by atoms with Crippen LogP contribution in [-0.4, -0.2) is 114 Å². The van der Waals surface area contributed by atoms with E-state index < -0.39 is 60.2 Å². The van der Waals surface area contributed by atoms with Crippen molar-refractivity contribution < 1.29 is 53.2 Å². The molecule has 4 unspecified atom stereocenters. The van der Waals surface area contributed by atoms with Gasteiger partial charge in [0, 0.05) is 69.9 Å². The first-order valence-electron chi connectivity index (χ1n) is 18.9. The zero-order valence-corrected chi connectivity index (χ0v) is 31.9. The number of unbranched alkanes of at least 4 members (excludes halogenated alkanes) is 2. The maximum Gasteiger partial charge on any atom is 0.312 e. The molecule has 0 aliphatic carbocycles. The number of ketones is 3. The lowest BCUT2D eigenvalue weighted by molar-refractivity contribution is -0.267. The van der Waals surface area contributed by atoms with Crippen molar-refractivity contribution in [2.75, 3.05) is 26.7 Å². The van der Waals surface area contributed by atoms with Crippen molar-refractivity contribution in [3.05, 3.63) is 47.5 Å². The molecule has 1 saturated heterocycles. The molecule has 7 atom stereocenters. The maximum absolute atomic E-state index is 13.7. The number of nitrogens with zero attached hydrogens (tertiary/aromatic N) is 1. The Hall–Kier alpha value is -4.35. The van der Waals surface area contributed by atoms with Gasteiger partial charge in [-0.1, -0.05) is 44.5 Å². The fourth-order valence-electron chi connectivity index (χ4n) is 6.81. The number of hydrogen-bond donors (Lipinski definition) is 6. The normalized spacial score (nSPS) is 22.1. The van der Waals surface area contributed by atoms with Crippen molar-refractivity contribution in [3.8, 4) is 0 Å². The molecule has 16 nitrogen and oxygen atoms in total. The standard InChI is InChI=1S/C39H57N5O11/c1-23(2)27(37(52)43-29(9-7-18-42-39(41)53)30(46)20-25-12-10-24(11-13-25)16-17-40)22-31(47)36-35(51)34(50)28(38(54-3)55-36)21-26(45)8-5-4-6-19-44-32(48)14-15-33(44)49/h10-15,23,27-29,34-36,38,50-51H,4-9,16-22,40H2,1-3H3,(H,43,52)(H3,41,42,53)/t27-,28?,29?,34-,35?,36-,38?/m1/s1. The average Bonchev–Trinajstić information content (AvgIpc) is 3.46. The van der Waals surface area contributed by atoms with Crippen LogP contribution >= 0.6 is 0 Å². The van der Waals surface area contributed by atoms with Gasteiger partial charge in [-0.15, -0.1) is 0 Å². The quantitative estimate of drug-likeness (QED) is 0.0625. The van der Waals surface area contributed by atoms with Crippen LogP contribution in [0.5, 0.6) is 0 Å². The third kappa shape index (κ3) is 13.7. The molecule has 0 saturated carbocycles. The number of imide groups is 1. The SMILES string of the molecule is COC1O[C@H](C(=O)C[C@@H](C(=O)NC(CCCNC(N)=O)C(=O)Cc2ccc(CCN)cc2)C(C)C)C(O)[C@H](O)C1CC(=O)CCCCCN1C(=O)C=CC1=O. The van der Waals surface area contributed by atoms with Crippen LogP contribution in [0.2, 0.25) is 0 Å². The zero-order valence-electron chi connectivity index (χ0n) is 31.9. The molecule has 304 valence electrons. The Bertz CT molecular complexity index is 1510. The Morgan fingerprint density at radius 3 is 2.20 bits per heavy atom. The van der Waals surface area contributed by atoms with Gasteiger partial charge in [0.25, 0.3) is 11.8 Å². The third-order valence-corrected chi connectivity index (χ3v) is 10.1. The molecule has 1 fully saturated rings. The summed E-state index contributed by atoms with van der Waals surface area (Å²) in [4.78, 5) is 89.4. The summed E-state index contributed by atoms with van der Waals surface area (Å²) in [5.74, 6) is -4.73. The minimum Gasteiger partial charge on any atom is -0.390 e. The number of aliphatic hydroxyl groups excluding tert-OH is 2. The number of carbonyl (C=O) groups excluding carboxylic acids is 7. The molecular formula is C39H57N5O11. The van der Waals surface area contributed by atoms with Gasteiger partial charge in [0.05, 0.1) is 12.1 Å². The van der Waals surface area contributed by atoms with Crippen molar-refractivity contribution in [2.24, 2.45) is 29.2 Å². The molecule has 0 aromatic heterocycles. The van der Waals surface area contributed by atoms with Gasteiger partial charge in [-0.2, -0.15) is 0 Å². The second-order valence-electron chi connectivity index (χ2n) is 14.5. The zero-order chi connectivity index (χ0) is 40.7. The van der Waals surface area contributed by atoms with Gasteiger partial charge in [0.15, 0.2) is 17.9 Å². The highest BCUT2D eigenvalue weighted by Crippen LogP contribution is 2.32. The molecule has 2 aliphatic heterocycles. The van der Waals surface area contributed by atoms with Gasteiger partial charge < -0.3 is 41.8 Å². The summed E-state index contributed by atoms with van der Waals surface area (Å²) in [6, 6.07) is 5.78. The van der Waals surface area contributed by atoms with Gasteiger partial charge in [-0.25, -0.2) is 4.79 Å². The largest absolute Gasteiger partial charge is 0.390 e. The van der Waals surface area contributed by atoms with Crippen molar-refractivity contribution >= 4 is 41.1 Å². The highest BCUT2D eigenvalue weighted by Gasteiger charge is 2.48. The van der Waals surface area contributed by atoms with E-state index in [9.17, 15) is 43.8 Å². The van der Waals surface area contributed by atoms with Crippen LogP contribution in [0.1, 0.15) is 76.3 Å². The molecule has 2 aliphatic rings. The second-order valence-corrected chi connectivity index (χ2v) is 14.5. The van der Waals surface area contributed by atoms with E-state index in [1.54, 1.807) is 13.8 Å². The number of amides is 5. The van der Waals surface area contributed by atoms with E-state index in [1.165, 1.54) is 19.3 Å². The van der Waals surface area contributed by atoms with Crippen LogP contribution in [0, 0.1) is 17.8 Å². The fourth-order valence-corrected chi connectivity index (χ4v) is 6.81. The highest BCUT2D eigenvalue weighted by molar-refractivity contribution is 6.12. The number of methoxy groups -OCH3 is 1. The summed E-state index contributed by atoms with van der Waals surface area (Å²) in [5, 5.41) is 27.4. The van der Waals surface area contributed by atoms with Crippen molar-refractivity contribution in [1.29, 1.82) is 0 Å². The molecule has 2 heterocycles. The van der Waals surface area contributed by atoms with Crippen LogP contribution in [0.15, 0.2) is 36.4 Å². The lowest BCUT2D eigenvalue weighted by atomic mass is 9.82. The topological polar surface area (TPSA) is 258 Å². The van der Waals surface area contributed by atoms with Gasteiger partial charge >= 0.3 is 6.03 Å². The number of urea groups is 1. The first-order valence-corrected chi connectivity index (χ1v) is 18.9. The first kappa shape index (κ1) is 45.0. The Morgan fingerprint density at radius 2 is 1.60 bits per heavy atom. The van der Waals surface area contributed by atoms with E-state index in [1.807, 2.05) is 24.3 Å². The van der Waals surface area contributed by atoms with E-state index in [0.29, 0.717) is 38.6 Å². The van der Waals surface area contributed by atoms with Crippen LogP contribution < -0.4 is 22.1 Å². The average molecular weight is 772 g/mol. The molecule has 8 N–H and O–H groups in total. The summed E-state index contributed by atoms with van der Waals surface area (Å²) in [6.45, 7) is 4.40. The van der Waals surface area contributed by atoms with E-state index in [2.05, 4.69) is 10.6 Å². The molecular weight excluding hydrogens is 714 g/mol. The van der Waals surface area contributed by atoms with Crippen molar-refractivity contribution in [3.63, 3.8) is 0 Å². The van der Waals surface area contributed by atoms with E-state index in [-0.39, 0.29) is 74.5 Å². The number of ether oxygens (including phenoxy) is 2. The Labute approximate surface area is 321 Å². The lowest BCUT2D eigenvalue weighted by Crippen LogP contribution is -2.58. The smallest absolute Gasteiger partial charge is 0.312 e. The van der Waals surface area contributed by atoms with Crippen molar-refractivity contribution in [2.45, 2.75) is 109 Å². The summed E-state index contributed by atoms with van der Waals surface area (Å²) < 4.78 is 11.2. The number of carbonyl (C=O) groups is 7. The predicted molar refractivity (Wildman–Crippen MR) is 200 cm³/mol. The molecule has 1 aromatic rings. The van der Waals surface area contributed by atoms with Gasteiger partial charge in [-0.05, 0) is 55.7 Å². The van der Waals surface area contributed by atoms with Crippen LogP contribution in [0.3, 0.4) is 0 Å². The molecule has 1 aromatic carbocycles. The minimum atomic E-state index is -1.71. The van der Waals surface area contributed by atoms with Crippen LogP contribution in [-0.2, 0) is 51.1 Å².